The van der Waals surface area contributed by atoms with Gasteiger partial charge in [0.05, 0.1) is 26.4 Å². The Labute approximate surface area is 624 Å². The zero-order valence-corrected chi connectivity index (χ0v) is 65.5. The summed E-state index contributed by atoms with van der Waals surface area (Å²) in [6, 6.07) is 0. The normalized spacial score (nSPS) is 15.0. The van der Waals surface area contributed by atoms with Gasteiger partial charge in [-0.2, -0.15) is 0 Å². The third kappa shape index (κ3) is 77.6. The molecule has 0 aliphatic rings. The van der Waals surface area contributed by atoms with Crippen LogP contribution in [0.5, 0.6) is 0 Å². The summed E-state index contributed by atoms with van der Waals surface area (Å²) < 4.78 is 61.1. The zero-order valence-electron chi connectivity index (χ0n) is 63.7. The highest BCUT2D eigenvalue weighted by Gasteiger charge is 2.29. The van der Waals surface area contributed by atoms with Crippen LogP contribution in [0.3, 0.4) is 0 Å². The first-order chi connectivity index (χ1) is 50.2. The largest absolute Gasteiger partial charge is 0.472 e. The fraction of sp³-hybridized carbons (Fsp3) is 0.612. The van der Waals surface area contributed by atoms with E-state index in [2.05, 4.69) is 203 Å². The third-order valence-corrected chi connectivity index (χ3v) is 17.5. The zero-order chi connectivity index (χ0) is 75.2. The van der Waals surface area contributed by atoms with Crippen molar-refractivity contribution in [3.05, 3.63) is 182 Å². The lowest BCUT2D eigenvalue weighted by atomic mass is 10.1. The molecule has 103 heavy (non-hydrogen) atoms. The van der Waals surface area contributed by atoms with Gasteiger partial charge in [-0.05, 0) is 154 Å². The number of unbranched alkanes of at least 4 members (excludes halogenated alkanes) is 19. The lowest BCUT2D eigenvalue weighted by Gasteiger charge is -2.21. The van der Waals surface area contributed by atoms with Crippen molar-refractivity contribution in [2.45, 2.75) is 296 Å². The number of esters is 3. The molecule has 0 aliphatic carbocycles. The van der Waals surface area contributed by atoms with E-state index in [1.54, 1.807) is 0 Å². The minimum atomic E-state index is -4.95. The number of hydrogen-bond acceptors (Lipinski definition) is 14. The van der Waals surface area contributed by atoms with Crippen molar-refractivity contribution in [1.29, 1.82) is 0 Å². The minimum absolute atomic E-state index is 0.0802. The standard InChI is InChI=1S/C85H138O16P2/c1-4-7-10-13-16-19-22-25-28-31-33-35-37-38-39-40-42-44-45-48-50-53-56-59-62-65-68-71-83(88)95-74-80(86)75-97-102(91,92)98-76-81(87)77-99-103(93,94)100-79-82(101-85(90)73-70-67-64-61-58-55-52-47-30-27-24-21-18-15-12-9-6-3)78-96-84(89)72-69-66-63-60-57-54-51-49-46-43-41-36-34-32-29-26-23-20-17-14-11-8-5-2/h7-12,16-21,25-30,33-36,38-39,42-44,46,51,54,80-82,86-87H,4-6,13-15,22-24,31-32,37,40-41,45,47-50,52-53,55-79H2,1-3H3,(H,91,92)(H,93,94)/b10-7-,11-8-,12-9-,19-16-,20-17-,21-18-,28-25-,29-26-,30-27-,35-33-,36-34-,39-38-,44-42-,46-43-,54-51-. The molecular formula is C85H138O16P2. The van der Waals surface area contributed by atoms with Crippen molar-refractivity contribution in [2.24, 2.45) is 0 Å². The maximum absolute atomic E-state index is 13.0. The molecule has 0 saturated carbocycles. The minimum Gasteiger partial charge on any atom is -0.463 e. The van der Waals surface area contributed by atoms with Gasteiger partial charge in [-0.3, -0.25) is 32.5 Å². The molecule has 16 nitrogen and oxygen atoms in total. The highest BCUT2D eigenvalue weighted by molar-refractivity contribution is 7.47. The molecule has 5 atom stereocenters. The quantitative estimate of drug-likeness (QED) is 0.0146. The van der Waals surface area contributed by atoms with E-state index in [9.17, 15) is 43.5 Å². The van der Waals surface area contributed by atoms with Gasteiger partial charge in [-0.15, -0.1) is 0 Å². The first kappa shape index (κ1) is 97.7. The molecule has 0 rings (SSSR count). The second-order valence-corrected chi connectivity index (χ2v) is 28.3. The summed E-state index contributed by atoms with van der Waals surface area (Å²) in [5.74, 6) is -1.63. The highest BCUT2D eigenvalue weighted by atomic mass is 31.2. The second-order valence-electron chi connectivity index (χ2n) is 25.4. The van der Waals surface area contributed by atoms with Gasteiger partial charge in [0, 0.05) is 19.3 Å². The molecule has 0 heterocycles. The van der Waals surface area contributed by atoms with Gasteiger partial charge in [-0.25, -0.2) is 9.13 Å². The molecule has 5 unspecified atom stereocenters. The molecule has 0 spiro atoms. The lowest BCUT2D eigenvalue weighted by molar-refractivity contribution is -0.161. The summed E-state index contributed by atoms with van der Waals surface area (Å²) in [6.07, 6.45) is 97.8. The number of ether oxygens (including phenoxy) is 3. The monoisotopic (exact) mass is 1480 g/mol. The van der Waals surface area contributed by atoms with E-state index in [0.29, 0.717) is 19.3 Å². The van der Waals surface area contributed by atoms with Gasteiger partial charge in [-0.1, -0.05) is 287 Å². The molecule has 0 bridgehead atoms. The van der Waals surface area contributed by atoms with Gasteiger partial charge in [0.2, 0.25) is 0 Å². The van der Waals surface area contributed by atoms with Crippen LogP contribution >= 0.6 is 15.6 Å². The summed E-state index contributed by atoms with van der Waals surface area (Å²) in [5, 5.41) is 20.6. The number of phosphoric acid groups is 2. The fourth-order valence-corrected chi connectivity index (χ4v) is 11.4. The van der Waals surface area contributed by atoms with Crippen molar-refractivity contribution < 1.29 is 75.8 Å². The van der Waals surface area contributed by atoms with E-state index in [4.69, 9.17) is 32.3 Å². The number of carbonyl (C=O) groups excluding carboxylic acids is 3. The van der Waals surface area contributed by atoms with E-state index in [-0.39, 0.29) is 19.3 Å². The Hall–Kier alpha value is -5.35. The summed E-state index contributed by atoms with van der Waals surface area (Å²) in [5.41, 5.74) is 0. The molecule has 0 saturated heterocycles. The predicted molar refractivity (Wildman–Crippen MR) is 426 cm³/mol. The van der Waals surface area contributed by atoms with Gasteiger partial charge in [0.25, 0.3) is 0 Å². The first-order valence-electron chi connectivity index (χ1n) is 39.1. The molecule has 4 N–H and O–H groups in total. The average Bonchev–Trinajstić information content (AvgIpc) is 0.929. The summed E-state index contributed by atoms with van der Waals surface area (Å²) in [4.78, 5) is 58.7. The Morgan fingerprint density at radius 3 is 0.767 bits per heavy atom. The van der Waals surface area contributed by atoms with Crippen molar-refractivity contribution in [1.82, 2.24) is 0 Å². The van der Waals surface area contributed by atoms with Crippen LogP contribution in [0.25, 0.3) is 0 Å². The second kappa shape index (κ2) is 76.3. The number of hydrogen-bond donors (Lipinski definition) is 4. The van der Waals surface area contributed by atoms with Crippen LogP contribution in [-0.4, -0.2) is 95.9 Å². The van der Waals surface area contributed by atoms with Crippen LogP contribution in [0.15, 0.2) is 182 Å². The van der Waals surface area contributed by atoms with Gasteiger partial charge in [0.1, 0.15) is 25.4 Å². The number of aliphatic hydroxyl groups is 2. The molecule has 0 aromatic heterocycles. The van der Waals surface area contributed by atoms with Crippen molar-refractivity contribution in [3.63, 3.8) is 0 Å². The average molecular weight is 1480 g/mol. The SMILES string of the molecule is CC/C=C\C/C=C\C/C=C\C/C=C\C/C=C\C/C=C\CCCCCCCCCCC(=O)OCC(O)COP(=O)(O)OCC(O)COP(=O)(O)OCC(COC(=O)CCCCCC/C=C\C/C=C\C/C=C\C/C=C\C/C=C\C/C=C\CC)OC(=O)CCCCCCCCC/C=C\C/C=C\C/C=C\CC. The fourth-order valence-electron chi connectivity index (χ4n) is 9.77. The van der Waals surface area contributed by atoms with Crippen LogP contribution < -0.4 is 0 Å². The summed E-state index contributed by atoms with van der Waals surface area (Å²) >= 11 is 0. The van der Waals surface area contributed by atoms with Crippen LogP contribution in [-0.2, 0) is 55.8 Å². The Bertz CT molecular complexity index is 2600. The lowest BCUT2D eigenvalue weighted by Crippen LogP contribution is -2.30. The Morgan fingerprint density at radius 2 is 0.485 bits per heavy atom. The van der Waals surface area contributed by atoms with Crippen molar-refractivity contribution in [3.8, 4) is 0 Å². The number of aliphatic hydroxyl groups excluding tert-OH is 2. The van der Waals surface area contributed by atoms with Crippen LogP contribution in [0.2, 0.25) is 0 Å². The molecule has 0 radical (unpaired) electrons. The third-order valence-electron chi connectivity index (χ3n) is 15.6. The van der Waals surface area contributed by atoms with Gasteiger partial charge < -0.3 is 34.2 Å². The topological polar surface area (TPSA) is 231 Å². The van der Waals surface area contributed by atoms with Gasteiger partial charge in [0.15, 0.2) is 6.10 Å². The molecule has 0 aromatic carbocycles. The van der Waals surface area contributed by atoms with E-state index in [1.165, 1.54) is 19.3 Å². The van der Waals surface area contributed by atoms with Crippen LogP contribution in [0.4, 0.5) is 0 Å². The number of allylic oxidation sites excluding steroid dienone is 30. The van der Waals surface area contributed by atoms with Crippen LogP contribution in [0.1, 0.15) is 278 Å². The predicted octanol–water partition coefficient (Wildman–Crippen LogP) is 23.0. The maximum Gasteiger partial charge on any atom is 0.472 e. The Balaban J connectivity index is 4.67. The van der Waals surface area contributed by atoms with Crippen LogP contribution in [0, 0.1) is 0 Å². The summed E-state index contributed by atoms with van der Waals surface area (Å²) in [7, 11) is -9.82. The van der Waals surface area contributed by atoms with E-state index >= 15 is 0 Å². The summed E-state index contributed by atoms with van der Waals surface area (Å²) in [6.45, 7) is 2.27. The smallest absolute Gasteiger partial charge is 0.463 e. The highest BCUT2D eigenvalue weighted by Crippen LogP contribution is 2.45. The Morgan fingerprint density at radius 1 is 0.272 bits per heavy atom. The number of carbonyl (C=O) groups is 3. The number of phosphoric ester groups is 2. The molecule has 0 aliphatic heterocycles. The first-order valence-corrected chi connectivity index (χ1v) is 42.1. The Kier molecular flexibility index (Phi) is 72.3. The molecule has 18 heteroatoms. The van der Waals surface area contributed by atoms with Crippen molar-refractivity contribution >= 4 is 33.6 Å². The van der Waals surface area contributed by atoms with E-state index in [1.807, 2.05) is 0 Å². The number of rotatable bonds is 72. The van der Waals surface area contributed by atoms with E-state index < -0.39 is 91.5 Å². The molecule has 0 fully saturated rings. The van der Waals surface area contributed by atoms with Gasteiger partial charge >= 0.3 is 33.6 Å². The van der Waals surface area contributed by atoms with E-state index in [0.717, 1.165) is 199 Å². The molecule has 0 amide bonds. The maximum atomic E-state index is 13.0. The molecule has 0 aromatic rings. The van der Waals surface area contributed by atoms with Crippen molar-refractivity contribution in [2.75, 3.05) is 39.6 Å². The molecule has 584 valence electrons. The molecular weight excluding hydrogens is 1340 g/mol.